The van der Waals surface area contributed by atoms with Crippen molar-refractivity contribution in [1.29, 1.82) is 0 Å². The highest BCUT2D eigenvalue weighted by molar-refractivity contribution is 6.46. The number of halogens is 2. The first-order valence-corrected chi connectivity index (χ1v) is 14.8. The molecule has 0 saturated heterocycles. The lowest BCUT2D eigenvalue weighted by atomic mass is 9.48. The summed E-state index contributed by atoms with van der Waals surface area (Å²) in [6.07, 6.45) is 14.4. The largest absolute Gasteiger partial charge is 0.460 e. The molecule has 1 fully saturated rings. The Morgan fingerprint density at radius 1 is 0.919 bits per heavy atom. The molecule has 0 aromatic heterocycles. The van der Waals surface area contributed by atoms with E-state index in [1.54, 1.807) is 6.07 Å². The summed E-state index contributed by atoms with van der Waals surface area (Å²) in [4.78, 5) is 25.7. The molecule has 9 heteroatoms. The third kappa shape index (κ3) is 10.8. The average Bonchev–Trinajstić information content (AvgIpc) is 2.84. The van der Waals surface area contributed by atoms with Crippen LogP contribution in [0.1, 0.15) is 114 Å². The van der Waals surface area contributed by atoms with Gasteiger partial charge in [0.15, 0.2) is 0 Å². The van der Waals surface area contributed by atoms with Gasteiger partial charge in [0.05, 0.1) is 17.1 Å². The molecule has 2 rings (SSSR count). The van der Waals surface area contributed by atoms with Gasteiger partial charge in [0.2, 0.25) is 5.91 Å². The molecule has 6 nitrogen and oxygen atoms in total. The number of benzene rings is 1. The van der Waals surface area contributed by atoms with E-state index in [-0.39, 0.29) is 29.0 Å². The van der Waals surface area contributed by atoms with Crippen LogP contribution in [0.2, 0.25) is 15.4 Å². The second-order valence-corrected chi connectivity index (χ2v) is 11.9. The first-order valence-electron chi connectivity index (χ1n) is 14.0. The Morgan fingerprint density at radius 2 is 1.43 bits per heavy atom. The maximum Gasteiger partial charge on any atom is 0.460 e. The van der Waals surface area contributed by atoms with E-state index in [1.165, 1.54) is 44.2 Å². The molecule has 1 aromatic rings. The standard InChI is InChI=1S/C28H45BCl2N2O4/c1-21(2)18-25(33-26(34)20-32-27(35)23-19-22(30)14-15-24(23)31)28(29(36)37)16-12-10-8-6-4-3-5-7-9-11-13-17-28/h14-15,19,21,25,36-37H,3-13,16-18,20H2,1-2H3,(H,32,35)(H,33,34)/t25-/m0/s1. The minimum Gasteiger partial charge on any atom is -0.427 e. The van der Waals surface area contributed by atoms with Gasteiger partial charge >= 0.3 is 7.12 Å². The van der Waals surface area contributed by atoms with Crippen LogP contribution in [0.25, 0.3) is 0 Å². The summed E-state index contributed by atoms with van der Waals surface area (Å²) in [5, 5.41) is 27.0. The maximum atomic E-state index is 13.0. The van der Waals surface area contributed by atoms with Crippen molar-refractivity contribution in [2.24, 2.45) is 5.92 Å². The van der Waals surface area contributed by atoms with Gasteiger partial charge in [0.25, 0.3) is 5.91 Å². The lowest BCUT2D eigenvalue weighted by Gasteiger charge is -2.42. The molecule has 1 saturated carbocycles. The molecule has 0 heterocycles. The topological polar surface area (TPSA) is 98.7 Å². The van der Waals surface area contributed by atoms with Crippen LogP contribution in [0.4, 0.5) is 0 Å². The van der Waals surface area contributed by atoms with E-state index in [9.17, 15) is 19.6 Å². The Hall–Kier alpha value is -1.28. The summed E-state index contributed by atoms with van der Waals surface area (Å²) < 4.78 is 0. The van der Waals surface area contributed by atoms with Gasteiger partial charge in [0.1, 0.15) is 0 Å². The van der Waals surface area contributed by atoms with Crippen LogP contribution < -0.4 is 10.6 Å². The van der Waals surface area contributed by atoms with Crippen molar-refractivity contribution in [3.8, 4) is 0 Å². The monoisotopic (exact) mass is 554 g/mol. The Balaban J connectivity index is 2.15. The summed E-state index contributed by atoms with van der Waals surface area (Å²) in [5.74, 6) is -0.608. The zero-order valence-electron chi connectivity index (χ0n) is 22.5. The van der Waals surface area contributed by atoms with Crippen molar-refractivity contribution in [3.05, 3.63) is 33.8 Å². The van der Waals surface area contributed by atoms with Gasteiger partial charge in [-0.15, -0.1) is 0 Å². The highest BCUT2D eigenvalue weighted by Gasteiger charge is 2.48. The van der Waals surface area contributed by atoms with Crippen LogP contribution in [0.3, 0.4) is 0 Å². The van der Waals surface area contributed by atoms with E-state index in [0.717, 1.165) is 38.5 Å². The highest BCUT2D eigenvalue weighted by atomic mass is 35.5. The summed E-state index contributed by atoms with van der Waals surface area (Å²) in [5.41, 5.74) is 0.203. The van der Waals surface area contributed by atoms with E-state index >= 15 is 0 Å². The van der Waals surface area contributed by atoms with Crippen molar-refractivity contribution in [2.75, 3.05) is 6.54 Å². The summed E-state index contributed by atoms with van der Waals surface area (Å²) in [6, 6.07) is 4.18. The lowest BCUT2D eigenvalue weighted by molar-refractivity contribution is -0.121. The molecule has 1 atom stereocenters. The number of hydrogen-bond acceptors (Lipinski definition) is 4. The van der Waals surface area contributed by atoms with E-state index in [0.29, 0.717) is 24.3 Å². The van der Waals surface area contributed by atoms with Gasteiger partial charge in [-0.2, -0.15) is 0 Å². The number of amides is 2. The molecule has 208 valence electrons. The lowest BCUT2D eigenvalue weighted by Crippen LogP contribution is -2.53. The number of carbonyl (C=O) groups is 2. The Labute approximate surface area is 233 Å². The Morgan fingerprint density at radius 3 is 1.92 bits per heavy atom. The molecule has 0 bridgehead atoms. The van der Waals surface area contributed by atoms with Crippen molar-refractivity contribution in [1.82, 2.24) is 10.6 Å². The fourth-order valence-electron chi connectivity index (χ4n) is 5.49. The van der Waals surface area contributed by atoms with Crippen molar-refractivity contribution in [3.63, 3.8) is 0 Å². The summed E-state index contributed by atoms with van der Waals surface area (Å²) in [7, 11) is -1.54. The molecule has 0 unspecified atom stereocenters. The molecule has 0 spiro atoms. The molecule has 4 N–H and O–H groups in total. The van der Waals surface area contributed by atoms with Crippen LogP contribution in [-0.2, 0) is 4.79 Å². The molecular formula is C28H45BCl2N2O4. The Bertz CT molecular complexity index is 839. The summed E-state index contributed by atoms with van der Waals surface area (Å²) >= 11 is 12.1. The SMILES string of the molecule is CC(C)C[C@H](NC(=O)CNC(=O)c1cc(Cl)ccc1Cl)C1(B(O)O)CCCCCCCCCCCCC1. The van der Waals surface area contributed by atoms with Gasteiger partial charge in [0, 0.05) is 16.4 Å². The number of nitrogens with one attached hydrogen (secondary N) is 2. The second kappa shape index (κ2) is 16.6. The van der Waals surface area contributed by atoms with Crippen LogP contribution in [-0.4, -0.2) is 41.6 Å². The van der Waals surface area contributed by atoms with Gasteiger partial charge in [-0.3, -0.25) is 9.59 Å². The van der Waals surface area contributed by atoms with Gasteiger partial charge in [-0.05, 0) is 43.4 Å². The quantitative estimate of drug-likeness (QED) is 0.274. The third-order valence-corrected chi connectivity index (χ3v) is 8.18. The Kier molecular flexibility index (Phi) is 14.4. The van der Waals surface area contributed by atoms with Crippen LogP contribution in [0.5, 0.6) is 0 Å². The van der Waals surface area contributed by atoms with E-state index < -0.39 is 24.4 Å². The molecule has 1 aliphatic carbocycles. The summed E-state index contributed by atoms with van der Waals surface area (Å²) in [6.45, 7) is 3.90. The van der Waals surface area contributed by atoms with Crippen molar-refractivity contribution >= 4 is 42.1 Å². The van der Waals surface area contributed by atoms with E-state index in [2.05, 4.69) is 24.5 Å². The molecule has 0 radical (unpaired) electrons. The highest BCUT2D eigenvalue weighted by Crippen LogP contribution is 2.46. The van der Waals surface area contributed by atoms with E-state index in [4.69, 9.17) is 23.2 Å². The second-order valence-electron chi connectivity index (χ2n) is 11.1. The predicted molar refractivity (Wildman–Crippen MR) is 153 cm³/mol. The average molecular weight is 555 g/mol. The number of hydrogen-bond donors (Lipinski definition) is 4. The van der Waals surface area contributed by atoms with Crippen LogP contribution >= 0.6 is 23.2 Å². The maximum absolute atomic E-state index is 13.0. The van der Waals surface area contributed by atoms with E-state index in [1.807, 2.05) is 0 Å². The van der Waals surface area contributed by atoms with Gasteiger partial charge in [-0.25, -0.2) is 0 Å². The number of carbonyl (C=O) groups excluding carboxylic acids is 2. The first kappa shape index (κ1) is 31.9. The van der Waals surface area contributed by atoms with Crippen molar-refractivity contribution in [2.45, 2.75) is 115 Å². The zero-order valence-corrected chi connectivity index (χ0v) is 24.0. The van der Waals surface area contributed by atoms with Crippen LogP contribution in [0, 0.1) is 5.92 Å². The zero-order chi connectivity index (χ0) is 27.3. The van der Waals surface area contributed by atoms with Crippen LogP contribution in [0.15, 0.2) is 18.2 Å². The van der Waals surface area contributed by atoms with Crippen molar-refractivity contribution < 1.29 is 19.6 Å². The van der Waals surface area contributed by atoms with Gasteiger partial charge in [-0.1, -0.05) is 108 Å². The smallest absolute Gasteiger partial charge is 0.427 e. The molecule has 0 aliphatic heterocycles. The molecular weight excluding hydrogens is 510 g/mol. The first-order chi connectivity index (χ1) is 17.7. The predicted octanol–water partition coefficient (Wildman–Crippen LogP) is 6.55. The molecule has 37 heavy (non-hydrogen) atoms. The molecule has 1 aliphatic rings. The molecule has 2 amide bonds. The third-order valence-electron chi connectivity index (χ3n) is 7.62. The minimum absolute atomic E-state index is 0.203. The minimum atomic E-state index is -1.54. The normalized spacial score (nSPS) is 18.5. The fourth-order valence-corrected chi connectivity index (χ4v) is 5.87. The molecule has 1 aromatic carbocycles. The van der Waals surface area contributed by atoms with Gasteiger partial charge < -0.3 is 20.7 Å². The number of rotatable bonds is 8. The fraction of sp³-hybridized carbons (Fsp3) is 0.714.